The van der Waals surface area contributed by atoms with Gasteiger partial charge in [-0.25, -0.2) is 0 Å². The Morgan fingerprint density at radius 3 is 1.35 bits per heavy atom. The average molecular weight is 553 g/mol. The van der Waals surface area contributed by atoms with E-state index in [4.69, 9.17) is 0 Å². The summed E-state index contributed by atoms with van der Waals surface area (Å²) < 4.78 is 72.0. The molecule has 1 aromatic carbocycles. The van der Waals surface area contributed by atoms with E-state index in [2.05, 4.69) is 41.5 Å². The van der Waals surface area contributed by atoms with Gasteiger partial charge in [0, 0.05) is 35.4 Å². The van der Waals surface area contributed by atoms with E-state index in [1.54, 1.807) is 0 Å². The van der Waals surface area contributed by atoms with Crippen LogP contribution in [-0.2, 0) is 0 Å². The molecule has 0 bridgehead atoms. The molecule has 0 unspecified atom stereocenters. The molecule has 1 aromatic rings. The van der Waals surface area contributed by atoms with Crippen LogP contribution in [0.5, 0.6) is 0 Å². The van der Waals surface area contributed by atoms with Crippen LogP contribution in [0, 0.1) is 38.7 Å². The molecule has 0 atom stereocenters. The molecule has 1 rings (SSSR count). The molecule has 0 saturated heterocycles. The largest absolute Gasteiger partial charge is 0.458 e. The van der Waals surface area contributed by atoms with Crippen LogP contribution in [0.1, 0.15) is 64.9 Å². The number of hydrogen-bond acceptors (Lipinski definition) is 0. The predicted molar refractivity (Wildman–Crippen MR) is 120 cm³/mol. The quantitative estimate of drug-likeness (QED) is 0.199. The molecule has 0 N–H and O–H groups in total. The SMILES string of the molecule is FC(F)(F)[C]=C(C#CC(F)(F)F)c1ccccc1.[CH2]CCC.[CH2]CCC.[CH2]CCC.[Sn]. The molecular weight excluding hydrogens is 521 g/mol. The number of allylic oxidation sites excluding steroid dienone is 2. The molecule has 0 aliphatic carbocycles. The topological polar surface area (TPSA) is 0 Å². The Bertz CT molecular complexity index is 563. The first-order valence-electron chi connectivity index (χ1n) is 9.67. The van der Waals surface area contributed by atoms with Crippen LogP contribution in [0.15, 0.2) is 30.3 Å². The van der Waals surface area contributed by atoms with Crippen molar-refractivity contribution in [3.05, 3.63) is 62.7 Å². The minimum absolute atomic E-state index is 0. The number of hydrogen-bond donors (Lipinski definition) is 0. The van der Waals surface area contributed by atoms with E-state index in [1.165, 1.54) is 55.5 Å². The van der Waals surface area contributed by atoms with Crippen LogP contribution in [0.25, 0.3) is 5.57 Å². The van der Waals surface area contributed by atoms with Crippen molar-refractivity contribution in [2.75, 3.05) is 0 Å². The fraction of sp³-hybridized carbons (Fsp3) is 0.458. The van der Waals surface area contributed by atoms with E-state index in [9.17, 15) is 26.3 Å². The van der Waals surface area contributed by atoms with Crippen LogP contribution in [0.3, 0.4) is 0 Å². The molecular formula is C24H32F6Sn. The summed E-state index contributed by atoms with van der Waals surface area (Å²) in [6.07, 6.45) is -1.89. The second kappa shape index (κ2) is 23.6. The van der Waals surface area contributed by atoms with Crippen molar-refractivity contribution in [2.45, 2.75) is 71.6 Å². The van der Waals surface area contributed by atoms with Crippen LogP contribution in [0.2, 0.25) is 0 Å². The van der Waals surface area contributed by atoms with E-state index < -0.39 is 17.9 Å². The molecule has 8 radical (unpaired) electrons. The normalized spacial score (nSPS) is 10.4. The first-order chi connectivity index (χ1) is 13.9. The van der Waals surface area contributed by atoms with Gasteiger partial charge in [0.25, 0.3) is 0 Å². The Balaban J connectivity index is -0.000000232. The van der Waals surface area contributed by atoms with Crippen molar-refractivity contribution in [1.29, 1.82) is 0 Å². The van der Waals surface area contributed by atoms with Crippen molar-refractivity contribution in [2.24, 2.45) is 0 Å². The monoisotopic (exact) mass is 554 g/mol. The number of unbranched alkanes of at least 4 members (excludes halogenated alkanes) is 3. The Morgan fingerprint density at radius 1 is 0.742 bits per heavy atom. The first kappa shape index (κ1) is 37.2. The molecule has 174 valence electrons. The molecule has 31 heavy (non-hydrogen) atoms. The Morgan fingerprint density at radius 2 is 1.10 bits per heavy atom. The Labute approximate surface area is 201 Å². The number of rotatable bonds is 4. The molecule has 0 amide bonds. The van der Waals surface area contributed by atoms with Crippen LogP contribution >= 0.6 is 0 Å². The third-order valence-electron chi connectivity index (χ3n) is 2.72. The molecule has 0 saturated carbocycles. The smallest absolute Gasteiger partial charge is 0.166 e. The first-order valence-corrected chi connectivity index (χ1v) is 9.67. The molecule has 0 spiro atoms. The van der Waals surface area contributed by atoms with Crippen LogP contribution in [-0.4, -0.2) is 36.3 Å². The van der Waals surface area contributed by atoms with Gasteiger partial charge >= 0.3 is 12.4 Å². The fourth-order valence-corrected chi connectivity index (χ4v) is 1.06. The molecule has 7 heteroatoms. The van der Waals surface area contributed by atoms with E-state index in [-0.39, 0.29) is 29.5 Å². The van der Waals surface area contributed by atoms with E-state index >= 15 is 0 Å². The fourth-order valence-electron chi connectivity index (χ4n) is 1.06. The van der Waals surface area contributed by atoms with E-state index in [1.807, 2.05) is 0 Å². The Kier molecular flexibility index (Phi) is 28.3. The standard InChI is InChI=1S/C12H5F6.3C4H9.Sn/c13-11(14,15)7-6-10(8-12(16,17)18)9-4-2-1-3-5-9;3*1-3-4-2;/h1-5H;3*1,3-4H2,2H3;. The van der Waals surface area contributed by atoms with Gasteiger partial charge in [-0.3, -0.25) is 0 Å². The van der Waals surface area contributed by atoms with E-state index in [0.717, 1.165) is 31.3 Å². The molecule has 0 fully saturated rings. The summed E-state index contributed by atoms with van der Waals surface area (Å²) in [5.41, 5.74) is -0.924. The van der Waals surface area contributed by atoms with Crippen LogP contribution in [0.4, 0.5) is 26.3 Å². The van der Waals surface area contributed by atoms with Gasteiger partial charge in [0.1, 0.15) is 0 Å². The zero-order valence-corrected chi connectivity index (χ0v) is 21.4. The second-order valence-electron chi connectivity index (χ2n) is 5.67. The molecule has 0 nitrogen and oxygen atoms in total. The van der Waals surface area contributed by atoms with Gasteiger partial charge < -0.3 is 0 Å². The predicted octanol–water partition coefficient (Wildman–Crippen LogP) is 8.48. The van der Waals surface area contributed by atoms with Crippen LogP contribution < -0.4 is 0 Å². The summed E-state index contributed by atoms with van der Waals surface area (Å²) in [6.45, 7) is 17.2. The summed E-state index contributed by atoms with van der Waals surface area (Å²) in [7, 11) is 0. The summed E-state index contributed by atoms with van der Waals surface area (Å²) in [4.78, 5) is 0. The van der Waals surface area contributed by atoms with Gasteiger partial charge in [-0.2, -0.15) is 26.3 Å². The zero-order valence-electron chi connectivity index (χ0n) is 18.5. The maximum Gasteiger partial charge on any atom is 0.458 e. The molecule has 0 aliphatic heterocycles. The maximum absolute atomic E-state index is 12.1. The number of alkyl halides is 6. The minimum Gasteiger partial charge on any atom is -0.166 e. The van der Waals surface area contributed by atoms with Crippen molar-refractivity contribution < 1.29 is 26.3 Å². The summed E-state index contributed by atoms with van der Waals surface area (Å²) in [6, 6.07) is 6.75. The van der Waals surface area contributed by atoms with Crippen molar-refractivity contribution in [3.8, 4) is 11.8 Å². The third-order valence-corrected chi connectivity index (χ3v) is 2.72. The molecule has 0 heterocycles. The van der Waals surface area contributed by atoms with Gasteiger partial charge in [-0.1, -0.05) is 116 Å². The summed E-state index contributed by atoms with van der Waals surface area (Å²) >= 11 is 0. The maximum atomic E-state index is 12.1. The zero-order chi connectivity index (χ0) is 24.1. The van der Waals surface area contributed by atoms with Gasteiger partial charge in [0.05, 0.1) is 6.08 Å². The summed E-state index contributed by atoms with van der Waals surface area (Å²) in [5, 5.41) is 0. The van der Waals surface area contributed by atoms with Gasteiger partial charge in [0.15, 0.2) is 0 Å². The van der Waals surface area contributed by atoms with Gasteiger partial charge in [0.2, 0.25) is 0 Å². The minimum atomic E-state index is -4.86. The third kappa shape index (κ3) is 33.7. The number of benzene rings is 1. The number of halogens is 6. The summed E-state index contributed by atoms with van der Waals surface area (Å²) in [5.74, 6) is 2.24. The molecule has 0 aliphatic rings. The van der Waals surface area contributed by atoms with Crippen molar-refractivity contribution in [1.82, 2.24) is 0 Å². The van der Waals surface area contributed by atoms with Crippen molar-refractivity contribution in [3.63, 3.8) is 0 Å². The van der Waals surface area contributed by atoms with Crippen molar-refractivity contribution >= 4 is 29.5 Å². The van der Waals surface area contributed by atoms with E-state index in [0.29, 0.717) is 0 Å². The second-order valence-corrected chi connectivity index (χ2v) is 5.67. The molecule has 0 aromatic heterocycles. The Hall–Kier alpha value is -1.10. The van der Waals surface area contributed by atoms with Gasteiger partial charge in [-0.05, 0) is 5.56 Å². The van der Waals surface area contributed by atoms with Gasteiger partial charge in [-0.15, -0.1) is 0 Å². The average Bonchev–Trinajstić information content (AvgIpc) is 2.71.